The number of aromatic nitrogens is 1. The Kier molecular flexibility index (Phi) is 4.98. The maximum Gasteiger partial charge on any atom is 0.255 e. The minimum absolute atomic E-state index is 0.183. The zero-order valence-electron chi connectivity index (χ0n) is 16.2. The molecule has 0 saturated heterocycles. The minimum atomic E-state index is -0.342. The van der Waals surface area contributed by atoms with Crippen molar-refractivity contribution in [2.24, 2.45) is 16.8 Å². The highest BCUT2D eigenvalue weighted by Crippen LogP contribution is 2.45. The summed E-state index contributed by atoms with van der Waals surface area (Å²) in [5.41, 5.74) is 3.21. The van der Waals surface area contributed by atoms with Crippen LogP contribution in [0.15, 0.2) is 52.1 Å². The Morgan fingerprint density at radius 1 is 1.18 bits per heavy atom. The van der Waals surface area contributed by atoms with Crippen molar-refractivity contribution in [3.8, 4) is 0 Å². The van der Waals surface area contributed by atoms with Crippen LogP contribution in [-0.4, -0.2) is 22.4 Å². The van der Waals surface area contributed by atoms with E-state index in [9.17, 15) is 9.59 Å². The van der Waals surface area contributed by atoms with Gasteiger partial charge in [-0.3, -0.25) is 14.6 Å². The quantitative estimate of drug-likeness (QED) is 0.833. The molecule has 4 rings (SSSR count). The number of hydrogen-bond donors (Lipinski definition) is 1. The molecule has 2 aromatic heterocycles. The van der Waals surface area contributed by atoms with E-state index in [0.29, 0.717) is 29.4 Å². The predicted molar refractivity (Wildman–Crippen MR) is 112 cm³/mol. The second kappa shape index (κ2) is 7.43. The molecule has 1 aliphatic carbocycles. The van der Waals surface area contributed by atoms with E-state index in [4.69, 9.17) is 4.99 Å². The van der Waals surface area contributed by atoms with Crippen molar-refractivity contribution in [1.82, 2.24) is 4.98 Å². The van der Waals surface area contributed by atoms with Gasteiger partial charge in [-0.1, -0.05) is 19.1 Å². The molecule has 1 aliphatic heterocycles. The van der Waals surface area contributed by atoms with E-state index in [1.165, 1.54) is 0 Å². The summed E-state index contributed by atoms with van der Waals surface area (Å²) in [5.74, 6) is 0.123. The number of Topliss-reactive ketones (excluding diaryl/α,β-unsaturated/α-hetero) is 1. The zero-order chi connectivity index (χ0) is 19.8. The molecule has 5 nitrogen and oxygen atoms in total. The van der Waals surface area contributed by atoms with Gasteiger partial charge in [0.05, 0.1) is 5.92 Å². The molecule has 1 amide bonds. The van der Waals surface area contributed by atoms with Gasteiger partial charge in [0.2, 0.25) is 0 Å². The normalized spacial score (nSPS) is 24.6. The third-order valence-corrected chi connectivity index (χ3v) is 6.36. The lowest BCUT2D eigenvalue weighted by Gasteiger charge is -2.37. The highest BCUT2D eigenvalue weighted by Gasteiger charge is 2.45. The number of fused-ring (bicyclic) bond motifs is 1. The summed E-state index contributed by atoms with van der Waals surface area (Å²) >= 11 is 1.58. The fraction of sp³-hybridized carbons (Fsp3) is 0.364. The number of pyridine rings is 1. The third kappa shape index (κ3) is 3.44. The van der Waals surface area contributed by atoms with Gasteiger partial charge in [0.15, 0.2) is 0 Å². The van der Waals surface area contributed by atoms with Crippen molar-refractivity contribution in [1.29, 1.82) is 0 Å². The van der Waals surface area contributed by atoms with E-state index in [-0.39, 0.29) is 23.5 Å². The van der Waals surface area contributed by atoms with Crippen LogP contribution in [0.1, 0.15) is 43.0 Å². The number of aryl methyl sites for hydroxylation is 1. The lowest BCUT2D eigenvalue weighted by atomic mass is 9.69. The maximum absolute atomic E-state index is 13.2. The summed E-state index contributed by atoms with van der Waals surface area (Å²) in [6.07, 6.45) is 3.07. The van der Waals surface area contributed by atoms with E-state index in [1.807, 2.05) is 37.4 Å². The number of nitrogens with zero attached hydrogens (tertiary/aromatic N) is 2. The number of nitrogens with one attached hydrogen (secondary N) is 1. The number of amides is 1. The molecule has 0 spiro atoms. The van der Waals surface area contributed by atoms with Crippen LogP contribution in [0.2, 0.25) is 0 Å². The van der Waals surface area contributed by atoms with Crippen LogP contribution in [0.4, 0.5) is 5.82 Å². The Bertz CT molecular complexity index is 974. The summed E-state index contributed by atoms with van der Waals surface area (Å²) < 4.78 is 0. The van der Waals surface area contributed by atoms with Gasteiger partial charge in [-0.2, -0.15) is 0 Å². The summed E-state index contributed by atoms with van der Waals surface area (Å²) in [5, 5.41) is 4.89. The molecule has 28 heavy (non-hydrogen) atoms. The molecule has 144 valence electrons. The van der Waals surface area contributed by atoms with Gasteiger partial charge >= 0.3 is 0 Å². The molecule has 1 saturated carbocycles. The van der Waals surface area contributed by atoms with Crippen molar-refractivity contribution in [2.45, 2.75) is 39.5 Å². The Hall–Kier alpha value is -2.60. The van der Waals surface area contributed by atoms with E-state index in [2.05, 4.69) is 17.2 Å². The SMILES string of the molecule is CC1=C(C(=O)Nc2ccc(C)cn2)[C@@H](c2cccs2)[C@@H]2C(=O)C[C@@H](C)CC2=N1. The first-order valence-corrected chi connectivity index (χ1v) is 10.4. The van der Waals surface area contributed by atoms with E-state index in [1.54, 1.807) is 23.6 Å². The number of ketones is 1. The number of thiophene rings is 1. The number of aliphatic imine (C=N–C) groups is 1. The first-order chi connectivity index (χ1) is 13.4. The first-order valence-electron chi connectivity index (χ1n) is 9.52. The lowest BCUT2D eigenvalue weighted by Crippen LogP contribution is -2.41. The van der Waals surface area contributed by atoms with Crippen LogP contribution >= 0.6 is 11.3 Å². The zero-order valence-corrected chi connectivity index (χ0v) is 17.0. The van der Waals surface area contributed by atoms with Crippen LogP contribution in [0, 0.1) is 18.8 Å². The highest BCUT2D eigenvalue weighted by molar-refractivity contribution is 7.10. The molecule has 1 fully saturated rings. The van der Waals surface area contributed by atoms with Crippen LogP contribution in [0.25, 0.3) is 0 Å². The van der Waals surface area contributed by atoms with Gasteiger partial charge in [-0.15, -0.1) is 11.3 Å². The van der Waals surface area contributed by atoms with Crippen molar-refractivity contribution in [3.05, 3.63) is 57.6 Å². The molecular weight excluding hydrogens is 370 g/mol. The average Bonchev–Trinajstić information content (AvgIpc) is 3.16. The first kappa shape index (κ1) is 18.7. The number of allylic oxidation sites excluding steroid dienone is 1. The number of hydrogen-bond acceptors (Lipinski definition) is 5. The number of anilines is 1. The topological polar surface area (TPSA) is 71.4 Å². The lowest BCUT2D eigenvalue weighted by molar-refractivity contribution is -0.123. The van der Waals surface area contributed by atoms with Gasteiger partial charge < -0.3 is 5.32 Å². The predicted octanol–water partition coefficient (Wildman–Crippen LogP) is 4.52. The molecular formula is C22H23N3O2S. The maximum atomic E-state index is 13.2. The summed E-state index contributed by atoms with van der Waals surface area (Å²) in [7, 11) is 0. The van der Waals surface area contributed by atoms with Crippen LogP contribution in [-0.2, 0) is 9.59 Å². The van der Waals surface area contributed by atoms with Gasteiger partial charge in [-0.25, -0.2) is 4.98 Å². The van der Waals surface area contributed by atoms with Crippen LogP contribution < -0.4 is 5.32 Å². The monoisotopic (exact) mass is 393 g/mol. The highest BCUT2D eigenvalue weighted by atomic mass is 32.1. The molecule has 6 heteroatoms. The molecule has 0 bridgehead atoms. The second-order valence-corrected chi connectivity index (χ2v) is 8.71. The van der Waals surface area contributed by atoms with Crippen molar-refractivity contribution >= 4 is 34.6 Å². The molecule has 2 aromatic rings. The Balaban J connectivity index is 1.75. The minimum Gasteiger partial charge on any atom is -0.307 e. The average molecular weight is 394 g/mol. The third-order valence-electron chi connectivity index (χ3n) is 5.41. The molecule has 3 atom stereocenters. The number of carbonyl (C=O) groups excluding carboxylic acids is 2. The van der Waals surface area contributed by atoms with Crippen molar-refractivity contribution in [3.63, 3.8) is 0 Å². The standard InChI is InChI=1S/C22H23N3O2S/c1-12-6-7-18(23-11-12)25-22(27)19-14(3)24-15-9-13(2)10-16(26)20(15)21(19)17-5-4-8-28-17/h4-8,11,13,20-21H,9-10H2,1-3H3,(H,23,25,27)/t13-,20-,21+/m0/s1. The summed E-state index contributed by atoms with van der Waals surface area (Å²) in [6.45, 7) is 5.90. The van der Waals surface area contributed by atoms with Gasteiger partial charge in [0, 0.05) is 40.4 Å². The second-order valence-electron chi connectivity index (χ2n) is 7.73. The molecule has 0 aromatic carbocycles. The van der Waals surface area contributed by atoms with Crippen molar-refractivity contribution < 1.29 is 9.59 Å². The van der Waals surface area contributed by atoms with Crippen molar-refractivity contribution in [2.75, 3.05) is 5.32 Å². The summed E-state index contributed by atoms with van der Waals surface area (Å²) in [6, 6.07) is 7.67. The molecule has 0 radical (unpaired) electrons. The fourth-order valence-electron chi connectivity index (χ4n) is 4.18. The fourth-order valence-corrected chi connectivity index (χ4v) is 5.05. The van der Waals surface area contributed by atoms with Gasteiger partial charge in [0.25, 0.3) is 5.91 Å². The Morgan fingerprint density at radius 3 is 2.68 bits per heavy atom. The van der Waals surface area contributed by atoms with Gasteiger partial charge in [0.1, 0.15) is 11.6 Å². The number of carbonyl (C=O) groups is 2. The molecule has 0 unspecified atom stereocenters. The van der Waals surface area contributed by atoms with Crippen LogP contribution in [0.3, 0.4) is 0 Å². The van der Waals surface area contributed by atoms with E-state index < -0.39 is 0 Å². The Labute approximate surface area is 168 Å². The Morgan fingerprint density at radius 2 is 2.00 bits per heavy atom. The summed E-state index contributed by atoms with van der Waals surface area (Å²) in [4.78, 5) is 36.2. The van der Waals surface area contributed by atoms with E-state index >= 15 is 0 Å². The molecule has 1 N–H and O–H groups in total. The van der Waals surface area contributed by atoms with E-state index in [0.717, 1.165) is 22.6 Å². The van der Waals surface area contributed by atoms with Crippen LogP contribution in [0.5, 0.6) is 0 Å². The molecule has 2 aliphatic rings. The largest absolute Gasteiger partial charge is 0.307 e. The number of rotatable bonds is 3. The van der Waals surface area contributed by atoms with Gasteiger partial charge in [-0.05, 0) is 49.3 Å². The molecule has 3 heterocycles. The smallest absolute Gasteiger partial charge is 0.255 e.